The van der Waals surface area contributed by atoms with Crippen LogP contribution in [0.15, 0.2) is 16.6 Å². The molecule has 0 amide bonds. The van der Waals surface area contributed by atoms with Gasteiger partial charge in [-0.1, -0.05) is 6.92 Å². The van der Waals surface area contributed by atoms with Crippen LogP contribution < -0.4 is 14.8 Å². The summed E-state index contributed by atoms with van der Waals surface area (Å²) in [6.07, 6.45) is 0.857. The third-order valence-electron chi connectivity index (χ3n) is 3.09. The van der Waals surface area contributed by atoms with Crippen LogP contribution in [-0.2, 0) is 4.79 Å². The summed E-state index contributed by atoms with van der Waals surface area (Å²) in [6.45, 7) is 4.12. The molecule has 104 valence electrons. The molecule has 0 bridgehead atoms. The van der Waals surface area contributed by atoms with Gasteiger partial charge in [-0.15, -0.1) is 0 Å². The van der Waals surface area contributed by atoms with E-state index in [9.17, 15) is 9.90 Å². The van der Waals surface area contributed by atoms with Crippen LogP contribution in [0.1, 0.15) is 31.9 Å². The molecular weight excluding hydrogens is 314 g/mol. The molecule has 0 aromatic heterocycles. The van der Waals surface area contributed by atoms with Gasteiger partial charge in [-0.25, -0.2) is 0 Å². The number of rotatable bonds is 5. The number of carbonyl (C=O) groups is 1. The van der Waals surface area contributed by atoms with Crippen molar-refractivity contribution >= 4 is 21.9 Å². The summed E-state index contributed by atoms with van der Waals surface area (Å²) < 4.78 is 11.3. The Balaban J connectivity index is 2.32. The Morgan fingerprint density at radius 3 is 2.89 bits per heavy atom. The molecule has 6 heteroatoms. The third kappa shape index (κ3) is 3.01. The van der Waals surface area contributed by atoms with Crippen LogP contribution in [0.4, 0.5) is 0 Å². The standard InChI is InChI=1S/C13H16BrNO4/c1-3-7(2)15-11(13(16)17)8-4-9(14)12-10(5-8)18-6-19-12/h4-5,7,11,15H,3,6H2,1-2H3,(H,16,17). The molecule has 0 spiro atoms. The number of hydrogen-bond donors (Lipinski definition) is 2. The molecule has 2 unspecified atom stereocenters. The highest BCUT2D eigenvalue weighted by atomic mass is 79.9. The van der Waals surface area contributed by atoms with Crippen LogP contribution in [0.3, 0.4) is 0 Å². The SMILES string of the molecule is CCC(C)NC(C(=O)O)c1cc(Br)c2c(c1)OCO2. The fourth-order valence-corrected chi connectivity index (χ4v) is 2.44. The Morgan fingerprint density at radius 2 is 2.26 bits per heavy atom. The number of carboxylic acids is 1. The van der Waals surface area contributed by atoms with Gasteiger partial charge in [0.1, 0.15) is 6.04 Å². The van der Waals surface area contributed by atoms with Crippen molar-refractivity contribution in [1.82, 2.24) is 5.32 Å². The van der Waals surface area contributed by atoms with Crippen LogP contribution >= 0.6 is 15.9 Å². The summed E-state index contributed by atoms with van der Waals surface area (Å²) in [5, 5.41) is 12.4. The summed E-state index contributed by atoms with van der Waals surface area (Å²) in [7, 11) is 0. The van der Waals surface area contributed by atoms with E-state index >= 15 is 0 Å². The Labute approximate surface area is 120 Å². The highest BCUT2D eigenvalue weighted by Crippen LogP contribution is 2.41. The molecule has 0 saturated heterocycles. The van der Waals surface area contributed by atoms with Crippen molar-refractivity contribution in [2.24, 2.45) is 0 Å². The zero-order valence-corrected chi connectivity index (χ0v) is 12.4. The van der Waals surface area contributed by atoms with Gasteiger partial charge in [0, 0.05) is 6.04 Å². The van der Waals surface area contributed by atoms with Crippen LogP contribution in [0.2, 0.25) is 0 Å². The molecule has 1 aliphatic rings. The lowest BCUT2D eigenvalue weighted by atomic mass is 10.0. The molecule has 1 aromatic rings. The first kappa shape index (κ1) is 14.1. The summed E-state index contributed by atoms with van der Waals surface area (Å²) >= 11 is 3.37. The van der Waals surface area contributed by atoms with Crippen molar-refractivity contribution in [3.63, 3.8) is 0 Å². The fraction of sp³-hybridized carbons (Fsp3) is 0.462. The number of carboxylic acid groups (broad SMARTS) is 1. The number of aliphatic carboxylic acids is 1. The number of halogens is 1. The summed E-state index contributed by atoms with van der Waals surface area (Å²) in [5.74, 6) is 0.282. The van der Waals surface area contributed by atoms with E-state index in [0.717, 1.165) is 6.42 Å². The van der Waals surface area contributed by atoms with E-state index in [0.29, 0.717) is 21.5 Å². The topological polar surface area (TPSA) is 67.8 Å². The molecule has 0 aliphatic carbocycles. The molecule has 2 atom stereocenters. The lowest BCUT2D eigenvalue weighted by molar-refractivity contribution is -0.139. The second-order valence-corrected chi connectivity index (χ2v) is 5.34. The Bertz CT molecular complexity index is 492. The second-order valence-electron chi connectivity index (χ2n) is 4.48. The van der Waals surface area contributed by atoms with Gasteiger partial charge in [-0.3, -0.25) is 10.1 Å². The number of fused-ring (bicyclic) bond motifs is 1. The Kier molecular flexibility index (Phi) is 4.31. The number of nitrogens with one attached hydrogen (secondary N) is 1. The molecule has 0 saturated carbocycles. The molecule has 1 aliphatic heterocycles. The Hall–Kier alpha value is -1.27. The summed E-state index contributed by atoms with van der Waals surface area (Å²) in [5.41, 5.74) is 0.643. The number of hydrogen-bond acceptors (Lipinski definition) is 4. The van der Waals surface area contributed by atoms with E-state index in [-0.39, 0.29) is 12.8 Å². The molecule has 2 rings (SSSR count). The molecule has 0 fully saturated rings. The van der Waals surface area contributed by atoms with Gasteiger partial charge in [0.25, 0.3) is 0 Å². The van der Waals surface area contributed by atoms with Crippen LogP contribution in [0.5, 0.6) is 11.5 Å². The lowest BCUT2D eigenvalue weighted by Crippen LogP contribution is -2.34. The summed E-state index contributed by atoms with van der Waals surface area (Å²) in [4.78, 5) is 11.4. The van der Waals surface area contributed by atoms with E-state index in [4.69, 9.17) is 9.47 Å². The first-order valence-electron chi connectivity index (χ1n) is 6.10. The van der Waals surface area contributed by atoms with E-state index in [1.165, 1.54) is 0 Å². The van der Waals surface area contributed by atoms with Gasteiger partial charge in [-0.05, 0) is 47.0 Å². The maximum atomic E-state index is 11.4. The average Bonchev–Trinajstić information content (AvgIpc) is 2.83. The molecule has 1 heterocycles. The molecule has 0 radical (unpaired) electrons. The van der Waals surface area contributed by atoms with Crippen molar-refractivity contribution in [2.45, 2.75) is 32.4 Å². The largest absolute Gasteiger partial charge is 0.480 e. The number of benzene rings is 1. The average molecular weight is 330 g/mol. The van der Waals surface area contributed by atoms with Gasteiger partial charge in [0.2, 0.25) is 6.79 Å². The molecule has 2 N–H and O–H groups in total. The minimum atomic E-state index is -0.911. The minimum absolute atomic E-state index is 0.116. The van der Waals surface area contributed by atoms with Crippen molar-refractivity contribution in [3.8, 4) is 11.5 Å². The molecule has 1 aromatic carbocycles. The van der Waals surface area contributed by atoms with Crippen molar-refractivity contribution < 1.29 is 19.4 Å². The highest BCUT2D eigenvalue weighted by molar-refractivity contribution is 9.10. The third-order valence-corrected chi connectivity index (χ3v) is 3.68. The van der Waals surface area contributed by atoms with Crippen molar-refractivity contribution in [2.75, 3.05) is 6.79 Å². The van der Waals surface area contributed by atoms with E-state index in [2.05, 4.69) is 21.2 Å². The fourth-order valence-electron chi connectivity index (χ4n) is 1.87. The van der Waals surface area contributed by atoms with Gasteiger partial charge in [0.05, 0.1) is 4.47 Å². The highest BCUT2D eigenvalue weighted by Gasteiger charge is 2.26. The zero-order chi connectivity index (χ0) is 14.0. The van der Waals surface area contributed by atoms with E-state index in [1.807, 2.05) is 13.8 Å². The predicted molar refractivity (Wildman–Crippen MR) is 73.5 cm³/mol. The zero-order valence-electron chi connectivity index (χ0n) is 10.8. The maximum Gasteiger partial charge on any atom is 0.325 e. The van der Waals surface area contributed by atoms with Crippen LogP contribution in [0, 0.1) is 0 Å². The number of ether oxygens (including phenoxy) is 2. The predicted octanol–water partition coefficient (Wildman–Crippen LogP) is 2.69. The monoisotopic (exact) mass is 329 g/mol. The van der Waals surface area contributed by atoms with E-state index in [1.54, 1.807) is 12.1 Å². The quantitative estimate of drug-likeness (QED) is 0.869. The first-order valence-corrected chi connectivity index (χ1v) is 6.90. The maximum absolute atomic E-state index is 11.4. The van der Waals surface area contributed by atoms with Gasteiger partial charge < -0.3 is 14.6 Å². The summed E-state index contributed by atoms with van der Waals surface area (Å²) in [6, 6.07) is 2.81. The first-order chi connectivity index (χ1) is 9.02. The van der Waals surface area contributed by atoms with Crippen LogP contribution in [-0.4, -0.2) is 23.9 Å². The van der Waals surface area contributed by atoms with Gasteiger partial charge >= 0.3 is 5.97 Å². The minimum Gasteiger partial charge on any atom is -0.480 e. The van der Waals surface area contributed by atoms with E-state index < -0.39 is 12.0 Å². The normalized spacial score (nSPS) is 16.2. The van der Waals surface area contributed by atoms with Gasteiger partial charge in [-0.2, -0.15) is 0 Å². The Morgan fingerprint density at radius 1 is 1.53 bits per heavy atom. The van der Waals surface area contributed by atoms with Crippen LogP contribution in [0.25, 0.3) is 0 Å². The van der Waals surface area contributed by atoms with Crippen molar-refractivity contribution in [1.29, 1.82) is 0 Å². The molecular formula is C13H16BrNO4. The lowest BCUT2D eigenvalue weighted by Gasteiger charge is -2.20. The second kappa shape index (κ2) is 5.79. The van der Waals surface area contributed by atoms with Crippen molar-refractivity contribution in [3.05, 3.63) is 22.2 Å². The molecule has 19 heavy (non-hydrogen) atoms. The smallest absolute Gasteiger partial charge is 0.325 e. The van der Waals surface area contributed by atoms with Gasteiger partial charge in [0.15, 0.2) is 11.5 Å². The molecule has 5 nitrogen and oxygen atoms in total.